The van der Waals surface area contributed by atoms with E-state index < -0.39 is 0 Å². The van der Waals surface area contributed by atoms with E-state index in [1.165, 1.54) is 29.9 Å². The lowest BCUT2D eigenvalue weighted by Gasteiger charge is -2.38. The number of ether oxygens (including phenoxy) is 1. The minimum Gasteiger partial charge on any atom is -0.486 e. The van der Waals surface area contributed by atoms with Crippen LogP contribution in [-0.2, 0) is 6.61 Å². The minimum absolute atomic E-state index is 0.0823. The van der Waals surface area contributed by atoms with E-state index in [1.807, 2.05) is 11.8 Å². The Kier molecular flexibility index (Phi) is 5.14. The van der Waals surface area contributed by atoms with Crippen LogP contribution in [0.1, 0.15) is 39.6 Å². The molecule has 0 unspecified atom stereocenters. The Morgan fingerprint density at radius 1 is 1.30 bits per heavy atom. The molecule has 144 valence electrons. The van der Waals surface area contributed by atoms with Crippen molar-refractivity contribution in [1.29, 1.82) is 0 Å². The number of carbonyl (C=O) groups is 1. The monoisotopic (exact) mass is 389 g/mol. The molecule has 2 aliphatic heterocycles. The molecular weight excluding hydrogens is 365 g/mol. The van der Waals surface area contributed by atoms with E-state index in [-0.39, 0.29) is 18.3 Å². The summed E-state index contributed by atoms with van der Waals surface area (Å²) < 4.78 is 18.6. The molecule has 1 amide bonds. The number of carbonyl (C=O) groups excluding carboxylic acids is 1. The molecule has 0 saturated carbocycles. The van der Waals surface area contributed by atoms with Gasteiger partial charge < -0.3 is 15.0 Å². The van der Waals surface area contributed by atoms with Gasteiger partial charge in [0.1, 0.15) is 28.1 Å². The van der Waals surface area contributed by atoms with Crippen molar-refractivity contribution in [1.82, 2.24) is 15.2 Å². The zero-order chi connectivity index (χ0) is 18.9. The second kappa shape index (κ2) is 7.56. The van der Waals surface area contributed by atoms with Gasteiger partial charge in [-0.2, -0.15) is 0 Å². The zero-order valence-electron chi connectivity index (χ0n) is 15.5. The van der Waals surface area contributed by atoms with Crippen LogP contribution in [0, 0.1) is 18.2 Å². The first kappa shape index (κ1) is 18.4. The minimum atomic E-state index is -0.294. The van der Waals surface area contributed by atoms with Crippen molar-refractivity contribution in [3.63, 3.8) is 0 Å². The molecule has 1 N–H and O–H groups in total. The number of aromatic nitrogens is 1. The zero-order valence-corrected chi connectivity index (χ0v) is 16.3. The van der Waals surface area contributed by atoms with Crippen LogP contribution in [0.4, 0.5) is 4.39 Å². The Labute approximate surface area is 162 Å². The summed E-state index contributed by atoms with van der Waals surface area (Å²) in [5.74, 6) is 0.375. The van der Waals surface area contributed by atoms with Crippen LogP contribution in [0.25, 0.3) is 0 Å². The van der Waals surface area contributed by atoms with Gasteiger partial charge in [0.15, 0.2) is 0 Å². The average molecular weight is 389 g/mol. The number of piperidine rings is 1. The average Bonchev–Trinajstić information content (AvgIpc) is 3.28. The molecule has 0 aliphatic carbocycles. The van der Waals surface area contributed by atoms with Gasteiger partial charge in [0.05, 0.1) is 5.69 Å². The lowest BCUT2D eigenvalue weighted by molar-refractivity contribution is 0.0611. The van der Waals surface area contributed by atoms with Gasteiger partial charge in [-0.1, -0.05) is 0 Å². The van der Waals surface area contributed by atoms with E-state index in [9.17, 15) is 9.18 Å². The molecular formula is C20H24FN3O2S. The number of nitrogens with one attached hydrogen (secondary N) is 1. The van der Waals surface area contributed by atoms with Crippen molar-refractivity contribution in [2.24, 2.45) is 5.41 Å². The van der Waals surface area contributed by atoms with Crippen LogP contribution >= 0.6 is 11.3 Å². The highest BCUT2D eigenvalue weighted by Gasteiger charge is 2.38. The summed E-state index contributed by atoms with van der Waals surface area (Å²) in [5.41, 5.74) is 1.15. The van der Waals surface area contributed by atoms with Gasteiger partial charge >= 0.3 is 0 Å². The van der Waals surface area contributed by atoms with Crippen LogP contribution in [0.5, 0.6) is 5.75 Å². The number of benzene rings is 1. The first-order chi connectivity index (χ1) is 13.0. The number of aryl methyl sites for hydroxylation is 1. The topological polar surface area (TPSA) is 54.5 Å². The summed E-state index contributed by atoms with van der Waals surface area (Å²) in [6, 6.07) is 5.90. The van der Waals surface area contributed by atoms with Crippen LogP contribution in [0.2, 0.25) is 0 Å². The van der Waals surface area contributed by atoms with Crippen molar-refractivity contribution in [3.05, 3.63) is 45.7 Å². The van der Waals surface area contributed by atoms with Crippen molar-refractivity contribution in [3.8, 4) is 5.75 Å². The van der Waals surface area contributed by atoms with Gasteiger partial charge in [0.2, 0.25) is 0 Å². The third-order valence-corrected chi connectivity index (χ3v) is 6.77. The number of rotatable bonds is 4. The number of likely N-dealkylation sites (tertiary alicyclic amines) is 1. The number of amides is 1. The Balaban J connectivity index is 1.37. The van der Waals surface area contributed by atoms with E-state index in [2.05, 4.69) is 10.3 Å². The van der Waals surface area contributed by atoms with E-state index in [0.29, 0.717) is 16.0 Å². The fraction of sp³-hybridized carbons (Fsp3) is 0.500. The molecule has 5 nitrogen and oxygen atoms in total. The maximum atomic E-state index is 13.0. The van der Waals surface area contributed by atoms with Gasteiger partial charge in [0, 0.05) is 19.6 Å². The van der Waals surface area contributed by atoms with E-state index in [0.717, 1.165) is 49.7 Å². The molecule has 1 spiro atoms. The van der Waals surface area contributed by atoms with Crippen LogP contribution in [0.15, 0.2) is 24.3 Å². The maximum absolute atomic E-state index is 13.0. The van der Waals surface area contributed by atoms with E-state index >= 15 is 0 Å². The van der Waals surface area contributed by atoms with Gasteiger partial charge in [-0.15, -0.1) is 11.3 Å². The van der Waals surface area contributed by atoms with Crippen molar-refractivity contribution in [2.45, 2.75) is 32.8 Å². The fourth-order valence-corrected chi connectivity index (χ4v) is 4.88. The van der Waals surface area contributed by atoms with Crippen LogP contribution in [-0.4, -0.2) is 42.0 Å². The molecule has 2 aromatic rings. The highest BCUT2D eigenvalue weighted by atomic mass is 32.1. The number of thiazole rings is 1. The van der Waals surface area contributed by atoms with E-state index in [4.69, 9.17) is 4.74 Å². The fourth-order valence-electron chi connectivity index (χ4n) is 3.94. The molecule has 4 rings (SSSR count). The van der Waals surface area contributed by atoms with Gasteiger partial charge in [-0.3, -0.25) is 4.79 Å². The predicted octanol–water partition coefficient (Wildman–Crippen LogP) is 3.39. The molecule has 0 atom stereocenters. The predicted molar refractivity (Wildman–Crippen MR) is 103 cm³/mol. The van der Waals surface area contributed by atoms with Crippen molar-refractivity contribution < 1.29 is 13.9 Å². The van der Waals surface area contributed by atoms with Crippen molar-refractivity contribution >= 4 is 17.2 Å². The molecule has 1 aromatic carbocycles. The van der Waals surface area contributed by atoms with Crippen molar-refractivity contribution in [2.75, 3.05) is 26.2 Å². The van der Waals surface area contributed by atoms with Gasteiger partial charge in [-0.05, 0) is 62.4 Å². The summed E-state index contributed by atoms with van der Waals surface area (Å²) in [7, 11) is 0. The molecule has 2 fully saturated rings. The second-order valence-electron chi connectivity index (χ2n) is 7.48. The first-order valence-corrected chi connectivity index (χ1v) is 10.2. The van der Waals surface area contributed by atoms with Crippen LogP contribution in [0.3, 0.4) is 0 Å². The Hall–Kier alpha value is -1.99. The third kappa shape index (κ3) is 3.99. The normalized spacial score (nSPS) is 18.8. The summed E-state index contributed by atoms with van der Waals surface area (Å²) in [6.45, 7) is 5.97. The number of hydrogen-bond acceptors (Lipinski definition) is 5. The molecule has 0 radical (unpaired) electrons. The summed E-state index contributed by atoms with van der Waals surface area (Å²) in [5, 5.41) is 4.21. The number of halogens is 1. The number of nitrogens with zero attached hydrogens (tertiary/aromatic N) is 2. The highest BCUT2D eigenvalue weighted by molar-refractivity contribution is 7.13. The highest BCUT2D eigenvalue weighted by Crippen LogP contribution is 2.37. The molecule has 2 saturated heterocycles. The Bertz CT molecular complexity index is 805. The third-order valence-electron chi connectivity index (χ3n) is 5.65. The largest absolute Gasteiger partial charge is 0.486 e. The standard InChI is InChI=1S/C20H24FN3O2S/c1-14-18(19(25)24-10-7-20(8-11-24)6-9-22-13-20)27-17(23-14)12-26-16-4-2-15(21)3-5-16/h2-5,22H,6-13H2,1H3. The second-order valence-corrected chi connectivity index (χ2v) is 8.57. The first-order valence-electron chi connectivity index (χ1n) is 9.39. The summed E-state index contributed by atoms with van der Waals surface area (Å²) in [4.78, 5) is 20.1. The lowest BCUT2D eigenvalue weighted by Crippen LogP contribution is -2.44. The summed E-state index contributed by atoms with van der Waals surface area (Å²) in [6.07, 6.45) is 3.37. The molecule has 2 aliphatic rings. The SMILES string of the molecule is Cc1nc(COc2ccc(F)cc2)sc1C(=O)N1CCC2(CCNC2)CC1. The van der Waals surface area contributed by atoms with Gasteiger partial charge in [0.25, 0.3) is 5.91 Å². The molecule has 1 aromatic heterocycles. The quantitative estimate of drug-likeness (QED) is 0.871. The molecule has 27 heavy (non-hydrogen) atoms. The lowest BCUT2D eigenvalue weighted by atomic mass is 9.78. The Morgan fingerprint density at radius 2 is 2.04 bits per heavy atom. The van der Waals surface area contributed by atoms with E-state index in [1.54, 1.807) is 12.1 Å². The maximum Gasteiger partial charge on any atom is 0.265 e. The molecule has 3 heterocycles. The molecule has 7 heteroatoms. The van der Waals surface area contributed by atoms with Gasteiger partial charge in [-0.25, -0.2) is 9.37 Å². The number of hydrogen-bond donors (Lipinski definition) is 1. The molecule has 0 bridgehead atoms. The smallest absolute Gasteiger partial charge is 0.265 e. The van der Waals surface area contributed by atoms with Crippen LogP contribution < -0.4 is 10.1 Å². The summed E-state index contributed by atoms with van der Waals surface area (Å²) >= 11 is 1.39. The Morgan fingerprint density at radius 3 is 2.70 bits per heavy atom.